The maximum Gasteiger partial charge on any atom is 0.285 e. The first-order valence-corrected chi connectivity index (χ1v) is 12.4. The highest BCUT2D eigenvalue weighted by atomic mass is 16.7. The Morgan fingerprint density at radius 2 is 1.84 bits per heavy atom. The maximum absolute atomic E-state index is 12.8. The molecule has 3 amide bonds. The summed E-state index contributed by atoms with van der Waals surface area (Å²) in [5.41, 5.74) is 3.93. The second-order valence-corrected chi connectivity index (χ2v) is 9.62. The van der Waals surface area contributed by atoms with Crippen molar-refractivity contribution in [2.75, 3.05) is 30.1 Å². The lowest BCUT2D eigenvalue weighted by molar-refractivity contribution is -0.123. The highest BCUT2D eigenvalue weighted by molar-refractivity contribution is 6.20. The summed E-state index contributed by atoms with van der Waals surface area (Å²) in [5, 5.41) is 15.8. The molecule has 2 aliphatic heterocycles. The zero-order chi connectivity index (χ0) is 26.3. The molecule has 0 saturated carbocycles. The smallest absolute Gasteiger partial charge is 0.285 e. The van der Waals surface area contributed by atoms with Crippen molar-refractivity contribution in [2.45, 2.75) is 46.2 Å². The molecule has 0 spiro atoms. The molecular weight excluding hydrogens is 476 g/mol. The van der Waals surface area contributed by atoms with Crippen LogP contribution >= 0.6 is 0 Å². The van der Waals surface area contributed by atoms with Crippen LogP contribution in [0.15, 0.2) is 30.3 Å². The van der Waals surface area contributed by atoms with Crippen LogP contribution in [-0.2, 0) is 9.63 Å². The molecule has 0 fully saturated rings. The van der Waals surface area contributed by atoms with Crippen LogP contribution in [0.4, 0.5) is 11.4 Å². The minimum Gasteiger partial charge on any atom is -0.356 e. The number of amides is 3. The summed E-state index contributed by atoms with van der Waals surface area (Å²) in [5.74, 6) is -0.949. The number of pyridine rings is 1. The van der Waals surface area contributed by atoms with Crippen LogP contribution in [0.3, 0.4) is 0 Å². The number of fused-ring (bicyclic) bond motifs is 3. The maximum atomic E-state index is 12.8. The SMILES string of the molecule is Cc1c2c(cc3nnnn13)N(CON1C(=O)c3ccccc3C1=O)C(CCCCNC(=O)C(C)C)N2C. The number of unbranched alkanes of at least 4 members (excludes halogenated alkanes) is 1. The molecule has 0 saturated heterocycles. The number of nitrogens with one attached hydrogen (secondary N) is 1. The normalized spacial score (nSPS) is 16.8. The molecule has 0 bridgehead atoms. The van der Waals surface area contributed by atoms with Crippen molar-refractivity contribution in [1.29, 1.82) is 0 Å². The van der Waals surface area contributed by atoms with Gasteiger partial charge in [0.2, 0.25) is 5.91 Å². The van der Waals surface area contributed by atoms with Gasteiger partial charge in [0.1, 0.15) is 12.9 Å². The molecule has 37 heavy (non-hydrogen) atoms. The molecule has 5 rings (SSSR count). The van der Waals surface area contributed by atoms with E-state index in [1.165, 1.54) is 0 Å². The molecule has 0 aliphatic carbocycles. The van der Waals surface area contributed by atoms with Gasteiger partial charge in [-0.3, -0.25) is 14.4 Å². The molecule has 12 heteroatoms. The zero-order valence-electron chi connectivity index (χ0n) is 21.3. The highest BCUT2D eigenvalue weighted by Crippen LogP contribution is 2.43. The number of hydrogen-bond donors (Lipinski definition) is 1. The molecule has 2 aromatic heterocycles. The molecule has 1 aromatic carbocycles. The summed E-state index contributed by atoms with van der Waals surface area (Å²) < 4.78 is 1.68. The van der Waals surface area contributed by atoms with Gasteiger partial charge in [-0.2, -0.15) is 4.52 Å². The van der Waals surface area contributed by atoms with Gasteiger partial charge in [-0.15, -0.1) is 10.2 Å². The summed E-state index contributed by atoms with van der Waals surface area (Å²) in [4.78, 5) is 47.6. The quantitative estimate of drug-likeness (QED) is 0.343. The van der Waals surface area contributed by atoms with Crippen molar-refractivity contribution < 1.29 is 19.2 Å². The second-order valence-electron chi connectivity index (χ2n) is 9.62. The largest absolute Gasteiger partial charge is 0.356 e. The van der Waals surface area contributed by atoms with Crippen molar-refractivity contribution in [3.63, 3.8) is 0 Å². The van der Waals surface area contributed by atoms with Gasteiger partial charge in [-0.05, 0) is 48.7 Å². The van der Waals surface area contributed by atoms with Crippen molar-refractivity contribution in [2.24, 2.45) is 5.92 Å². The van der Waals surface area contributed by atoms with Gasteiger partial charge in [-0.1, -0.05) is 26.0 Å². The van der Waals surface area contributed by atoms with Gasteiger partial charge in [0.25, 0.3) is 11.8 Å². The Labute approximate surface area is 214 Å². The number of rotatable bonds is 9. The first-order valence-electron chi connectivity index (χ1n) is 12.4. The Kier molecular flexibility index (Phi) is 6.50. The molecule has 2 aliphatic rings. The van der Waals surface area contributed by atoms with Crippen LogP contribution in [0.25, 0.3) is 5.65 Å². The van der Waals surface area contributed by atoms with Gasteiger partial charge in [-0.25, -0.2) is 4.84 Å². The fourth-order valence-electron chi connectivity index (χ4n) is 4.95. The summed E-state index contributed by atoms with van der Waals surface area (Å²) in [6.45, 7) is 6.28. The van der Waals surface area contributed by atoms with Crippen LogP contribution in [0.1, 0.15) is 59.5 Å². The van der Waals surface area contributed by atoms with Gasteiger partial charge in [0.05, 0.1) is 28.2 Å². The fraction of sp³-hybridized carbons (Fsp3) is 0.440. The van der Waals surface area contributed by atoms with E-state index in [0.29, 0.717) is 23.3 Å². The van der Waals surface area contributed by atoms with Gasteiger partial charge >= 0.3 is 0 Å². The second kappa shape index (κ2) is 9.77. The third-order valence-electron chi connectivity index (χ3n) is 6.93. The van der Waals surface area contributed by atoms with Gasteiger partial charge in [0.15, 0.2) is 5.65 Å². The molecule has 0 radical (unpaired) electrons. The standard InChI is InChI=1S/C25H30N8O4/c1-15(2)23(34)26-12-8-7-11-21-30(4)22-16(3)32-20(27-28-29-32)13-19(22)31(21)14-37-33-24(35)17-9-5-6-10-18(17)25(33)36/h5-6,9-10,13,15,21H,7-8,11-12,14H2,1-4H3,(H,26,34). The summed E-state index contributed by atoms with van der Waals surface area (Å²) >= 11 is 0. The summed E-state index contributed by atoms with van der Waals surface area (Å²) in [7, 11) is 2.00. The van der Waals surface area contributed by atoms with E-state index in [2.05, 4.69) is 25.7 Å². The van der Waals surface area contributed by atoms with E-state index >= 15 is 0 Å². The molecule has 1 unspecified atom stereocenters. The number of tetrazole rings is 1. The topological polar surface area (TPSA) is 125 Å². The number of benzene rings is 1. The minimum atomic E-state index is -0.473. The van der Waals surface area contributed by atoms with E-state index in [9.17, 15) is 14.4 Å². The predicted octanol–water partition coefficient (Wildman–Crippen LogP) is 2.14. The highest BCUT2D eigenvalue weighted by Gasteiger charge is 2.40. The number of aromatic nitrogens is 4. The third-order valence-corrected chi connectivity index (χ3v) is 6.93. The van der Waals surface area contributed by atoms with E-state index in [0.717, 1.165) is 41.4 Å². The van der Waals surface area contributed by atoms with E-state index in [-0.39, 0.29) is 24.7 Å². The van der Waals surface area contributed by atoms with Crippen LogP contribution in [-0.4, -0.2) is 69.3 Å². The van der Waals surface area contributed by atoms with Gasteiger partial charge in [0, 0.05) is 25.6 Å². The Balaban J connectivity index is 1.35. The number of nitrogens with zero attached hydrogens (tertiary/aromatic N) is 7. The first-order chi connectivity index (χ1) is 17.8. The molecule has 4 heterocycles. The van der Waals surface area contributed by atoms with E-state index in [4.69, 9.17) is 4.84 Å². The lowest BCUT2D eigenvalue weighted by atomic mass is 10.1. The van der Waals surface area contributed by atoms with Crippen LogP contribution in [0, 0.1) is 12.8 Å². The fourth-order valence-corrected chi connectivity index (χ4v) is 4.95. The molecule has 1 N–H and O–H groups in total. The molecule has 12 nitrogen and oxygen atoms in total. The number of hydrogen-bond acceptors (Lipinski definition) is 9. The number of anilines is 2. The Hall–Kier alpha value is -4.06. The lowest BCUT2D eigenvalue weighted by Gasteiger charge is -2.31. The van der Waals surface area contributed by atoms with Crippen LogP contribution < -0.4 is 15.1 Å². The number of imide groups is 1. The number of aryl methyl sites for hydroxylation is 1. The molecule has 194 valence electrons. The Morgan fingerprint density at radius 1 is 1.14 bits per heavy atom. The number of carbonyl (C=O) groups is 3. The third kappa shape index (κ3) is 4.26. The summed E-state index contributed by atoms with van der Waals surface area (Å²) in [6.07, 6.45) is 2.33. The lowest BCUT2D eigenvalue weighted by Crippen LogP contribution is -2.45. The van der Waals surface area contributed by atoms with Crippen LogP contribution in [0.2, 0.25) is 0 Å². The predicted molar refractivity (Wildman–Crippen MR) is 135 cm³/mol. The first kappa shape index (κ1) is 24.6. The average molecular weight is 507 g/mol. The van der Waals surface area contributed by atoms with Gasteiger partial charge < -0.3 is 15.1 Å². The van der Waals surface area contributed by atoms with E-state index in [1.807, 2.05) is 38.8 Å². The van der Waals surface area contributed by atoms with Crippen molar-refractivity contribution >= 4 is 34.7 Å². The number of carbonyl (C=O) groups excluding carboxylic acids is 3. The molecule has 3 aromatic rings. The zero-order valence-corrected chi connectivity index (χ0v) is 21.3. The van der Waals surface area contributed by atoms with Crippen molar-refractivity contribution in [1.82, 2.24) is 30.4 Å². The Bertz CT molecular complexity index is 1330. The Morgan fingerprint density at radius 3 is 2.51 bits per heavy atom. The van der Waals surface area contributed by atoms with Crippen molar-refractivity contribution in [3.05, 3.63) is 47.2 Å². The van der Waals surface area contributed by atoms with Crippen molar-refractivity contribution in [3.8, 4) is 0 Å². The minimum absolute atomic E-state index is 0.0191. The monoisotopic (exact) mass is 506 g/mol. The molecular formula is C25H30N8O4. The average Bonchev–Trinajstić information content (AvgIpc) is 3.53. The summed E-state index contributed by atoms with van der Waals surface area (Å²) in [6, 6.07) is 8.57. The number of hydroxylamine groups is 2. The van der Waals surface area contributed by atoms with E-state index in [1.54, 1.807) is 28.8 Å². The van der Waals surface area contributed by atoms with E-state index < -0.39 is 11.8 Å². The van der Waals surface area contributed by atoms with Crippen LogP contribution in [0.5, 0.6) is 0 Å². The molecule has 1 atom stereocenters.